The minimum Gasteiger partial charge on any atom is -0.311 e. The highest BCUT2D eigenvalue weighted by Crippen LogP contribution is 2.21. The minimum atomic E-state index is 0.625. The molecule has 0 saturated carbocycles. The zero-order valence-electron chi connectivity index (χ0n) is 13.5. The third kappa shape index (κ3) is 4.27. The molecule has 2 atom stereocenters. The summed E-state index contributed by atoms with van der Waals surface area (Å²) in [6, 6.07) is 1.25. The fourth-order valence-electron chi connectivity index (χ4n) is 3.15. The lowest BCUT2D eigenvalue weighted by Crippen LogP contribution is -2.58. The van der Waals surface area contributed by atoms with Gasteiger partial charge in [-0.05, 0) is 25.2 Å². The van der Waals surface area contributed by atoms with Crippen LogP contribution in [0.5, 0.6) is 0 Å². The summed E-state index contributed by atoms with van der Waals surface area (Å²) >= 11 is 1.76. The first-order chi connectivity index (χ1) is 9.45. The molecule has 1 saturated heterocycles. The first-order valence-corrected chi connectivity index (χ1v) is 8.72. The standard InChI is InChI=1S/C16H29N3S/c1-11(2)6-14-8-19(16(7-17-14)12(3)4)9-15-10-20-13(5)18-15/h10-12,14,16-17H,6-9H2,1-5H3. The van der Waals surface area contributed by atoms with Gasteiger partial charge in [0.15, 0.2) is 0 Å². The van der Waals surface area contributed by atoms with Crippen LogP contribution in [0.15, 0.2) is 5.38 Å². The number of hydrogen-bond acceptors (Lipinski definition) is 4. The van der Waals surface area contributed by atoms with Gasteiger partial charge in [0.25, 0.3) is 0 Å². The summed E-state index contributed by atoms with van der Waals surface area (Å²) in [5.74, 6) is 1.44. The van der Waals surface area contributed by atoms with Crippen molar-refractivity contribution in [1.82, 2.24) is 15.2 Å². The van der Waals surface area contributed by atoms with E-state index in [-0.39, 0.29) is 0 Å². The number of aromatic nitrogens is 1. The average molecular weight is 295 g/mol. The predicted octanol–water partition coefficient (Wildman–Crippen LogP) is 3.30. The van der Waals surface area contributed by atoms with Crippen LogP contribution in [0, 0.1) is 18.8 Å². The molecule has 3 nitrogen and oxygen atoms in total. The Morgan fingerprint density at radius 1 is 1.40 bits per heavy atom. The quantitative estimate of drug-likeness (QED) is 0.903. The van der Waals surface area contributed by atoms with Gasteiger partial charge in [0.05, 0.1) is 10.7 Å². The molecule has 0 aromatic carbocycles. The van der Waals surface area contributed by atoms with Gasteiger partial charge in [-0.15, -0.1) is 11.3 Å². The van der Waals surface area contributed by atoms with Crippen LogP contribution < -0.4 is 5.32 Å². The molecule has 1 N–H and O–H groups in total. The molecule has 4 heteroatoms. The van der Waals surface area contributed by atoms with Gasteiger partial charge in [-0.3, -0.25) is 4.90 Å². The molecule has 114 valence electrons. The monoisotopic (exact) mass is 295 g/mol. The maximum absolute atomic E-state index is 4.64. The van der Waals surface area contributed by atoms with E-state index in [1.165, 1.54) is 17.1 Å². The van der Waals surface area contributed by atoms with Gasteiger partial charge in [0, 0.05) is 37.1 Å². The van der Waals surface area contributed by atoms with Crippen LogP contribution >= 0.6 is 11.3 Å². The van der Waals surface area contributed by atoms with Crippen LogP contribution in [0.4, 0.5) is 0 Å². The molecule has 1 aromatic heterocycles. The largest absolute Gasteiger partial charge is 0.311 e. The summed E-state index contributed by atoms with van der Waals surface area (Å²) in [4.78, 5) is 7.28. The van der Waals surface area contributed by atoms with Crippen LogP contribution in [-0.4, -0.2) is 35.1 Å². The Morgan fingerprint density at radius 3 is 2.70 bits per heavy atom. The molecule has 0 bridgehead atoms. The maximum Gasteiger partial charge on any atom is 0.0897 e. The summed E-state index contributed by atoms with van der Waals surface area (Å²) in [5.41, 5.74) is 1.24. The molecular weight excluding hydrogens is 266 g/mol. The van der Waals surface area contributed by atoms with Crippen molar-refractivity contribution in [3.05, 3.63) is 16.1 Å². The minimum absolute atomic E-state index is 0.625. The van der Waals surface area contributed by atoms with Crippen molar-refractivity contribution < 1.29 is 0 Å². The van der Waals surface area contributed by atoms with Gasteiger partial charge in [-0.2, -0.15) is 0 Å². The molecule has 1 aliphatic heterocycles. The van der Waals surface area contributed by atoms with E-state index < -0.39 is 0 Å². The topological polar surface area (TPSA) is 28.2 Å². The number of nitrogens with zero attached hydrogens (tertiary/aromatic N) is 2. The Bertz CT molecular complexity index is 414. The maximum atomic E-state index is 4.64. The van der Waals surface area contributed by atoms with E-state index in [2.05, 4.69) is 55.2 Å². The number of thiazole rings is 1. The molecule has 2 heterocycles. The smallest absolute Gasteiger partial charge is 0.0897 e. The highest BCUT2D eigenvalue weighted by atomic mass is 32.1. The molecule has 2 unspecified atom stereocenters. The Labute approximate surface area is 127 Å². The zero-order chi connectivity index (χ0) is 14.7. The van der Waals surface area contributed by atoms with E-state index in [1.807, 2.05) is 0 Å². The highest BCUT2D eigenvalue weighted by Gasteiger charge is 2.30. The molecule has 0 amide bonds. The van der Waals surface area contributed by atoms with Crippen LogP contribution in [0.3, 0.4) is 0 Å². The van der Waals surface area contributed by atoms with Gasteiger partial charge < -0.3 is 5.32 Å². The van der Waals surface area contributed by atoms with E-state index >= 15 is 0 Å². The molecule has 0 aliphatic carbocycles. The summed E-state index contributed by atoms with van der Waals surface area (Å²) < 4.78 is 0. The van der Waals surface area contributed by atoms with Crippen molar-refractivity contribution in [3.8, 4) is 0 Å². The van der Waals surface area contributed by atoms with Crippen molar-refractivity contribution in [3.63, 3.8) is 0 Å². The van der Waals surface area contributed by atoms with Crippen molar-refractivity contribution >= 4 is 11.3 Å². The number of nitrogens with one attached hydrogen (secondary N) is 1. The second-order valence-corrected chi connectivity index (χ2v) is 7.90. The fourth-order valence-corrected chi connectivity index (χ4v) is 3.76. The summed E-state index contributed by atoms with van der Waals surface area (Å²) in [5, 5.41) is 7.13. The van der Waals surface area contributed by atoms with Crippen molar-refractivity contribution in [1.29, 1.82) is 0 Å². The number of piperazine rings is 1. The molecular formula is C16H29N3S. The summed E-state index contributed by atoms with van der Waals surface area (Å²) in [6.07, 6.45) is 1.26. The first-order valence-electron chi connectivity index (χ1n) is 7.84. The Balaban J connectivity index is 2.02. The molecule has 20 heavy (non-hydrogen) atoms. The second kappa shape index (κ2) is 7.01. The Kier molecular flexibility index (Phi) is 5.58. The number of rotatable bonds is 5. The van der Waals surface area contributed by atoms with Crippen molar-refractivity contribution in [2.75, 3.05) is 13.1 Å². The molecule has 0 radical (unpaired) electrons. The average Bonchev–Trinajstić information content (AvgIpc) is 2.73. The lowest BCUT2D eigenvalue weighted by molar-refractivity contribution is 0.0842. The lowest BCUT2D eigenvalue weighted by atomic mass is 9.95. The van der Waals surface area contributed by atoms with Crippen LogP contribution in [0.1, 0.15) is 44.8 Å². The molecule has 1 fully saturated rings. The van der Waals surface area contributed by atoms with Crippen molar-refractivity contribution in [2.45, 2.75) is 59.7 Å². The van der Waals surface area contributed by atoms with E-state index in [4.69, 9.17) is 0 Å². The third-order valence-corrected chi connectivity index (χ3v) is 4.92. The zero-order valence-corrected chi connectivity index (χ0v) is 14.3. The normalized spacial score (nSPS) is 24.8. The second-order valence-electron chi connectivity index (χ2n) is 6.83. The van der Waals surface area contributed by atoms with Crippen molar-refractivity contribution in [2.24, 2.45) is 11.8 Å². The van der Waals surface area contributed by atoms with Gasteiger partial charge in [0.2, 0.25) is 0 Å². The third-order valence-electron chi connectivity index (χ3n) is 4.10. The van der Waals surface area contributed by atoms with Gasteiger partial charge in [-0.25, -0.2) is 4.98 Å². The summed E-state index contributed by atoms with van der Waals surface area (Å²) in [6.45, 7) is 14.6. The number of aryl methyl sites for hydroxylation is 1. The summed E-state index contributed by atoms with van der Waals surface area (Å²) in [7, 11) is 0. The van der Waals surface area contributed by atoms with Crippen LogP contribution in [-0.2, 0) is 6.54 Å². The molecule has 1 aromatic rings. The van der Waals surface area contributed by atoms with Gasteiger partial charge in [0.1, 0.15) is 0 Å². The Hall–Kier alpha value is -0.450. The van der Waals surface area contributed by atoms with E-state index in [9.17, 15) is 0 Å². The van der Waals surface area contributed by atoms with Gasteiger partial charge >= 0.3 is 0 Å². The van der Waals surface area contributed by atoms with Crippen LogP contribution in [0.2, 0.25) is 0 Å². The fraction of sp³-hybridized carbons (Fsp3) is 0.812. The van der Waals surface area contributed by atoms with E-state index in [0.29, 0.717) is 18.0 Å². The number of hydrogen-bond donors (Lipinski definition) is 1. The van der Waals surface area contributed by atoms with Crippen LogP contribution in [0.25, 0.3) is 0 Å². The lowest BCUT2D eigenvalue weighted by Gasteiger charge is -2.42. The Morgan fingerprint density at radius 2 is 2.15 bits per heavy atom. The molecule has 2 rings (SSSR count). The van der Waals surface area contributed by atoms with Gasteiger partial charge in [-0.1, -0.05) is 27.7 Å². The SMILES string of the molecule is Cc1nc(CN2CC(CC(C)C)NCC2C(C)C)cs1. The first kappa shape index (κ1) is 15.9. The highest BCUT2D eigenvalue weighted by molar-refractivity contribution is 7.09. The van der Waals surface area contributed by atoms with E-state index in [1.54, 1.807) is 11.3 Å². The van der Waals surface area contributed by atoms with E-state index in [0.717, 1.165) is 25.6 Å². The predicted molar refractivity (Wildman–Crippen MR) is 87.1 cm³/mol. The molecule has 0 spiro atoms. The molecule has 1 aliphatic rings.